The van der Waals surface area contributed by atoms with Crippen molar-refractivity contribution in [2.45, 2.75) is 24.7 Å². The van der Waals surface area contributed by atoms with Gasteiger partial charge in [-0.15, -0.1) is 24.2 Å². The number of amides is 1. The van der Waals surface area contributed by atoms with E-state index in [1.807, 2.05) is 25.3 Å². The molecule has 0 unspecified atom stereocenters. The molecule has 1 aliphatic heterocycles. The Bertz CT molecular complexity index is 514. The van der Waals surface area contributed by atoms with Gasteiger partial charge in [-0.2, -0.15) is 0 Å². The van der Waals surface area contributed by atoms with Crippen LogP contribution < -0.4 is 10.6 Å². The number of thioether (sulfide) groups is 1. The van der Waals surface area contributed by atoms with Gasteiger partial charge in [0, 0.05) is 29.5 Å². The first-order chi connectivity index (χ1) is 10.6. The lowest BCUT2D eigenvalue weighted by Gasteiger charge is -2.37. The van der Waals surface area contributed by atoms with Gasteiger partial charge in [0.2, 0.25) is 0 Å². The molecular formula is C17H27ClN2O2S. The minimum atomic E-state index is 0. The van der Waals surface area contributed by atoms with Crippen molar-refractivity contribution in [3.8, 4) is 0 Å². The zero-order valence-electron chi connectivity index (χ0n) is 14.1. The Hall–Kier alpha value is -0.750. The molecule has 1 aromatic rings. The highest BCUT2D eigenvalue weighted by molar-refractivity contribution is 7.98. The molecule has 0 spiro atoms. The van der Waals surface area contributed by atoms with Crippen molar-refractivity contribution in [1.29, 1.82) is 0 Å². The smallest absolute Gasteiger partial charge is 0.251 e. The van der Waals surface area contributed by atoms with E-state index in [2.05, 4.69) is 16.7 Å². The number of benzene rings is 1. The van der Waals surface area contributed by atoms with Crippen LogP contribution in [0.3, 0.4) is 0 Å². The summed E-state index contributed by atoms with van der Waals surface area (Å²) < 4.78 is 5.40. The molecular weight excluding hydrogens is 332 g/mol. The van der Waals surface area contributed by atoms with Crippen molar-refractivity contribution in [1.82, 2.24) is 10.6 Å². The average molecular weight is 359 g/mol. The number of nitrogens with one attached hydrogen (secondary N) is 2. The molecule has 2 rings (SSSR count). The van der Waals surface area contributed by atoms with E-state index in [0.717, 1.165) is 42.0 Å². The Morgan fingerprint density at radius 2 is 2.09 bits per heavy atom. The third-order valence-corrected chi connectivity index (χ3v) is 5.15. The predicted molar refractivity (Wildman–Crippen MR) is 99.0 cm³/mol. The molecule has 6 heteroatoms. The van der Waals surface area contributed by atoms with E-state index in [4.69, 9.17) is 4.74 Å². The third kappa shape index (κ3) is 5.38. The maximum Gasteiger partial charge on any atom is 0.251 e. The summed E-state index contributed by atoms with van der Waals surface area (Å²) in [6.45, 7) is 5.32. The van der Waals surface area contributed by atoms with Crippen molar-refractivity contribution in [2.75, 3.05) is 39.6 Å². The second-order valence-corrected chi connectivity index (χ2v) is 6.93. The summed E-state index contributed by atoms with van der Waals surface area (Å²) in [5.41, 5.74) is 1.84. The van der Waals surface area contributed by atoms with Gasteiger partial charge in [-0.05, 0) is 56.8 Å². The molecule has 2 N–H and O–H groups in total. The first-order valence-electron chi connectivity index (χ1n) is 7.73. The first kappa shape index (κ1) is 20.3. The molecule has 130 valence electrons. The largest absolute Gasteiger partial charge is 0.384 e. The second-order valence-electron chi connectivity index (χ2n) is 6.05. The lowest BCUT2D eigenvalue weighted by atomic mass is 9.79. The molecule has 23 heavy (non-hydrogen) atoms. The lowest BCUT2D eigenvalue weighted by Crippen LogP contribution is -2.47. The van der Waals surface area contributed by atoms with Crippen LogP contribution >= 0.6 is 24.2 Å². The predicted octanol–water partition coefficient (Wildman–Crippen LogP) is 2.88. The number of carbonyl (C=O) groups excluding carboxylic acids is 1. The van der Waals surface area contributed by atoms with E-state index in [1.165, 1.54) is 0 Å². The zero-order valence-corrected chi connectivity index (χ0v) is 15.7. The molecule has 1 heterocycles. The number of hydrogen-bond acceptors (Lipinski definition) is 4. The molecule has 0 aliphatic carbocycles. The van der Waals surface area contributed by atoms with Crippen LogP contribution in [0.5, 0.6) is 0 Å². The Morgan fingerprint density at radius 1 is 1.39 bits per heavy atom. The average Bonchev–Trinajstić information content (AvgIpc) is 2.54. The van der Waals surface area contributed by atoms with Crippen molar-refractivity contribution >= 4 is 30.1 Å². The van der Waals surface area contributed by atoms with Crippen LogP contribution in [0.4, 0.5) is 0 Å². The Morgan fingerprint density at radius 3 is 2.70 bits per heavy atom. The topological polar surface area (TPSA) is 50.4 Å². The summed E-state index contributed by atoms with van der Waals surface area (Å²) in [5.74, 6) is 0.0161. The first-order valence-corrected chi connectivity index (χ1v) is 8.95. The van der Waals surface area contributed by atoms with Gasteiger partial charge in [-0.25, -0.2) is 0 Å². The fraction of sp³-hybridized carbons (Fsp3) is 0.588. The second kappa shape index (κ2) is 9.52. The van der Waals surface area contributed by atoms with Crippen LogP contribution in [0, 0.1) is 12.3 Å². The highest BCUT2D eigenvalue weighted by atomic mass is 35.5. The maximum absolute atomic E-state index is 12.5. The molecule has 0 saturated carbocycles. The van der Waals surface area contributed by atoms with Gasteiger partial charge in [-0.1, -0.05) is 6.07 Å². The van der Waals surface area contributed by atoms with Crippen LogP contribution in [0.2, 0.25) is 0 Å². The highest BCUT2D eigenvalue weighted by Crippen LogP contribution is 2.28. The molecule has 0 atom stereocenters. The molecule has 4 nitrogen and oxygen atoms in total. The van der Waals surface area contributed by atoms with Gasteiger partial charge in [0.15, 0.2) is 0 Å². The van der Waals surface area contributed by atoms with Crippen LogP contribution in [0.1, 0.15) is 28.8 Å². The maximum atomic E-state index is 12.5. The number of hydrogen-bond donors (Lipinski definition) is 2. The van der Waals surface area contributed by atoms with Crippen molar-refractivity contribution in [3.05, 3.63) is 29.3 Å². The van der Waals surface area contributed by atoms with Gasteiger partial charge >= 0.3 is 0 Å². The molecule has 0 bridgehead atoms. The zero-order chi connectivity index (χ0) is 16.0. The molecule has 1 saturated heterocycles. The Kier molecular flexibility index (Phi) is 8.40. The summed E-state index contributed by atoms with van der Waals surface area (Å²) in [7, 11) is 1.73. The molecule has 0 aromatic heterocycles. The number of aryl methyl sites for hydroxylation is 1. The van der Waals surface area contributed by atoms with E-state index in [9.17, 15) is 4.79 Å². The fourth-order valence-electron chi connectivity index (χ4n) is 2.97. The van der Waals surface area contributed by atoms with E-state index in [-0.39, 0.29) is 23.7 Å². The Labute approximate surface area is 149 Å². The molecule has 0 radical (unpaired) electrons. The van der Waals surface area contributed by atoms with E-state index in [0.29, 0.717) is 13.2 Å². The number of carbonyl (C=O) groups is 1. The molecule has 1 aliphatic rings. The number of methoxy groups -OCH3 is 1. The monoisotopic (exact) mass is 358 g/mol. The van der Waals surface area contributed by atoms with Crippen LogP contribution in [-0.2, 0) is 4.74 Å². The summed E-state index contributed by atoms with van der Waals surface area (Å²) in [5, 5.41) is 6.50. The highest BCUT2D eigenvalue weighted by Gasteiger charge is 2.32. The van der Waals surface area contributed by atoms with E-state index < -0.39 is 0 Å². The van der Waals surface area contributed by atoms with Crippen LogP contribution in [0.25, 0.3) is 0 Å². The standard InChI is InChI=1S/C17H26N2O2S.ClH/c1-13-4-5-14(22-3)10-15(13)16(20)19-11-17(12-21-2)6-8-18-9-7-17;/h4-5,10,18H,6-9,11-12H2,1-3H3,(H,19,20);1H. The van der Waals surface area contributed by atoms with Crippen LogP contribution in [-0.4, -0.2) is 45.5 Å². The van der Waals surface area contributed by atoms with Gasteiger partial charge in [0.1, 0.15) is 0 Å². The minimum Gasteiger partial charge on any atom is -0.384 e. The van der Waals surface area contributed by atoms with Gasteiger partial charge in [0.05, 0.1) is 6.61 Å². The number of ether oxygens (including phenoxy) is 1. The van der Waals surface area contributed by atoms with Crippen molar-refractivity contribution in [3.63, 3.8) is 0 Å². The van der Waals surface area contributed by atoms with E-state index in [1.54, 1.807) is 18.9 Å². The third-order valence-electron chi connectivity index (χ3n) is 4.43. The van der Waals surface area contributed by atoms with Gasteiger partial charge in [-0.3, -0.25) is 4.79 Å². The Balaban J connectivity index is 0.00000264. The summed E-state index contributed by atoms with van der Waals surface area (Å²) in [4.78, 5) is 13.7. The summed E-state index contributed by atoms with van der Waals surface area (Å²) in [6, 6.07) is 6.03. The normalized spacial score (nSPS) is 16.5. The van der Waals surface area contributed by atoms with E-state index >= 15 is 0 Å². The molecule has 1 aromatic carbocycles. The van der Waals surface area contributed by atoms with Crippen molar-refractivity contribution in [2.24, 2.45) is 5.41 Å². The van der Waals surface area contributed by atoms with Crippen molar-refractivity contribution < 1.29 is 9.53 Å². The summed E-state index contributed by atoms with van der Waals surface area (Å²) >= 11 is 1.65. The fourth-order valence-corrected chi connectivity index (χ4v) is 3.41. The molecule has 1 amide bonds. The van der Waals surface area contributed by atoms with Gasteiger partial charge < -0.3 is 15.4 Å². The number of halogens is 1. The lowest BCUT2D eigenvalue weighted by molar-refractivity contribution is 0.0511. The quantitative estimate of drug-likeness (QED) is 0.768. The minimum absolute atomic E-state index is 0. The number of rotatable bonds is 6. The van der Waals surface area contributed by atoms with Gasteiger partial charge in [0.25, 0.3) is 5.91 Å². The van der Waals surface area contributed by atoms with Crippen LogP contribution in [0.15, 0.2) is 23.1 Å². The SMILES string of the molecule is COCC1(CNC(=O)c2cc(SC)ccc2C)CCNCC1.Cl. The molecule has 1 fully saturated rings. The summed E-state index contributed by atoms with van der Waals surface area (Å²) in [6.07, 6.45) is 4.09. The number of piperidine rings is 1.